The van der Waals surface area contributed by atoms with Gasteiger partial charge in [-0.3, -0.25) is 0 Å². The van der Waals surface area contributed by atoms with E-state index in [0.29, 0.717) is 6.54 Å². The van der Waals surface area contributed by atoms with Crippen LogP contribution in [0.2, 0.25) is 0 Å². The fourth-order valence-electron chi connectivity index (χ4n) is 4.35. The number of hydrogen-bond acceptors (Lipinski definition) is 2. The van der Waals surface area contributed by atoms with Crippen molar-refractivity contribution in [3.05, 3.63) is 107 Å². The molecule has 0 amide bonds. The number of nitrogens with one attached hydrogen (secondary N) is 1. The molecule has 0 unspecified atom stereocenters. The third-order valence-electron chi connectivity index (χ3n) is 5.70. The van der Waals surface area contributed by atoms with Crippen molar-refractivity contribution in [1.29, 1.82) is 0 Å². The fourth-order valence-corrected chi connectivity index (χ4v) is 6.05. The Morgan fingerprint density at radius 3 is 2.45 bits per heavy atom. The molecule has 1 aliphatic rings. The summed E-state index contributed by atoms with van der Waals surface area (Å²) < 4.78 is 28.7. The van der Waals surface area contributed by atoms with Crippen molar-refractivity contribution in [3.8, 4) is 0 Å². The van der Waals surface area contributed by atoms with Gasteiger partial charge in [0.15, 0.2) is 0 Å². The predicted octanol–water partition coefficient (Wildman–Crippen LogP) is 4.65. The molecule has 3 aromatic carbocycles. The van der Waals surface area contributed by atoms with Crippen LogP contribution >= 0.6 is 0 Å². The lowest BCUT2D eigenvalue weighted by atomic mass is 9.90. The number of aromatic nitrogens is 1. The molecule has 4 aromatic rings. The Bertz CT molecular complexity index is 1260. The van der Waals surface area contributed by atoms with Crippen molar-refractivity contribution < 1.29 is 8.42 Å². The van der Waals surface area contributed by atoms with Gasteiger partial charge in [-0.05, 0) is 29.2 Å². The van der Waals surface area contributed by atoms with Crippen LogP contribution in [0.15, 0.2) is 85.1 Å². The van der Waals surface area contributed by atoms with Gasteiger partial charge in [0.25, 0.3) is 0 Å². The molecule has 1 atom stereocenters. The van der Waals surface area contributed by atoms with Crippen LogP contribution in [0.3, 0.4) is 0 Å². The summed E-state index contributed by atoms with van der Waals surface area (Å²) in [4.78, 5) is 3.32. The van der Waals surface area contributed by atoms with E-state index in [4.69, 9.17) is 0 Å². The van der Waals surface area contributed by atoms with Crippen LogP contribution in [0.4, 0.5) is 0 Å². The van der Waals surface area contributed by atoms with E-state index in [-0.39, 0.29) is 11.8 Å². The molecule has 29 heavy (non-hydrogen) atoms. The Hall–Kier alpha value is -2.89. The summed E-state index contributed by atoms with van der Waals surface area (Å²) >= 11 is 0. The number of sulfonamides is 1. The van der Waals surface area contributed by atoms with E-state index >= 15 is 0 Å². The zero-order valence-corrected chi connectivity index (χ0v) is 16.8. The number of rotatable bonds is 4. The maximum absolute atomic E-state index is 13.5. The molecule has 2 heterocycles. The molecule has 0 spiro atoms. The second kappa shape index (κ2) is 7.17. The van der Waals surface area contributed by atoms with Crippen molar-refractivity contribution in [2.45, 2.75) is 18.2 Å². The molecule has 5 rings (SSSR count). The highest BCUT2D eigenvalue weighted by Gasteiger charge is 2.37. The summed E-state index contributed by atoms with van der Waals surface area (Å²) in [7, 11) is -3.50. The van der Waals surface area contributed by atoms with Crippen molar-refractivity contribution in [2.24, 2.45) is 0 Å². The topological polar surface area (TPSA) is 53.2 Å². The van der Waals surface area contributed by atoms with E-state index in [1.165, 1.54) is 5.56 Å². The van der Waals surface area contributed by atoms with Crippen molar-refractivity contribution in [2.75, 3.05) is 6.54 Å². The zero-order chi connectivity index (χ0) is 19.8. The number of nitrogens with zero attached hydrogens (tertiary/aromatic N) is 1. The molecule has 1 aliphatic heterocycles. The quantitative estimate of drug-likeness (QED) is 0.540. The highest BCUT2D eigenvalue weighted by molar-refractivity contribution is 7.88. The smallest absolute Gasteiger partial charge is 0.219 e. The van der Waals surface area contributed by atoms with E-state index in [1.54, 1.807) is 4.31 Å². The zero-order valence-electron chi connectivity index (χ0n) is 16.0. The molecule has 0 radical (unpaired) electrons. The third-order valence-corrected chi connectivity index (χ3v) is 7.51. The number of hydrogen-bond donors (Lipinski definition) is 1. The molecule has 5 heteroatoms. The van der Waals surface area contributed by atoms with Crippen molar-refractivity contribution in [3.63, 3.8) is 0 Å². The maximum atomic E-state index is 13.5. The largest absolute Gasteiger partial charge is 0.361 e. The Labute approximate surface area is 170 Å². The van der Waals surface area contributed by atoms with E-state index < -0.39 is 10.0 Å². The first-order chi connectivity index (χ1) is 14.1. The van der Waals surface area contributed by atoms with Crippen molar-refractivity contribution >= 4 is 20.9 Å². The highest BCUT2D eigenvalue weighted by atomic mass is 32.2. The fraction of sp³-hybridized carbons (Fsp3) is 0.167. The number of aromatic amines is 1. The summed E-state index contributed by atoms with van der Waals surface area (Å²) in [6.45, 7) is 0.482. The third kappa shape index (κ3) is 3.26. The molecule has 0 saturated heterocycles. The molecule has 0 fully saturated rings. The average Bonchev–Trinajstić information content (AvgIpc) is 3.17. The normalized spacial score (nSPS) is 17.3. The molecule has 1 N–H and O–H groups in total. The van der Waals surface area contributed by atoms with Gasteiger partial charge in [0.2, 0.25) is 10.0 Å². The standard InChI is InChI=1S/C24H22N2O2S/c27-29(28,17-18-8-2-1-3-9-18)26-15-14-19-10-4-5-11-20(19)24(26)22-16-25-23-13-7-6-12-21(22)23/h1-13,16,24-25H,14-15,17H2/t24-/m1/s1. The SMILES string of the molecule is O=S(=O)(Cc1ccccc1)N1CCc2ccccc2[C@@H]1c1c[nH]c2ccccc12. The van der Waals surface area contributed by atoms with Gasteiger partial charge in [-0.15, -0.1) is 0 Å². The minimum atomic E-state index is -3.50. The second-order valence-electron chi connectivity index (χ2n) is 7.49. The van der Waals surface area contributed by atoms with Gasteiger partial charge < -0.3 is 4.98 Å². The molecule has 0 saturated carbocycles. The first-order valence-corrected chi connectivity index (χ1v) is 11.4. The first-order valence-electron chi connectivity index (χ1n) is 9.81. The van der Waals surface area contributed by atoms with Gasteiger partial charge in [-0.25, -0.2) is 8.42 Å². The Balaban J connectivity index is 1.65. The first kappa shape index (κ1) is 18.2. The Morgan fingerprint density at radius 2 is 1.59 bits per heavy atom. The van der Waals surface area contributed by atoms with E-state index in [0.717, 1.165) is 34.0 Å². The minimum absolute atomic E-state index is 0.00879. The van der Waals surface area contributed by atoms with Gasteiger partial charge in [0, 0.05) is 29.2 Å². The second-order valence-corrected chi connectivity index (χ2v) is 9.42. The molecule has 0 aliphatic carbocycles. The lowest BCUT2D eigenvalue weighted by Gasteiger charge is -2.36. The summed E-state index contributed by atoms with van der Waals surface area (Å²) in [5.74, 6) is 0.00879. The molecule has 4 nitrogen and oxygen atoms in total. The van der Waals surface area contributed by atoms with E-state index in [2.05, 4.69) is 23.2 Å². The number of benzene rings is 3. The maximum Gasteiger partial charge on any atom is 0.219 e. The summed E-state index contributed by atoms with van der Waals surface area (Å²) in [5, 5.41) is 1.06. The molecule has 0 bridgehead atoms. The van der Waals surface area contributed by atoms with Crippen LogP contribution < -0.4 is 0 Å². The van der Waals surface area contributed by atoms with Crippen LogP contribution in [-0.2, 0) is 22.2 Å². The summed E-state index contributed by atoms with van der Waals surface area (Å²) in [6.07, 6.45) is 2.69. The van der Waals surface area contributed by atoms with Gasteiger partial charge >= 0.3 is 0 Å². The predicted molar refractivity (Wildman–Crippen MR) is 116 cm³/mol. The molecule has 146 valence electrons. The summed E-state index contributed by atoms with van der Waals surface area (Å²) in [5.41, 5.74) is 5.12. The van der Waals surface area contributed by atoms with E-state index in [1.807, 2.05) is 66.9 Å². The van der Waals surface area contributed by atoms with Crippen LogP contribution in [0.5, 0.6) is 0 Å². The number of para-hydroxylation sites is 1. The lowest BCUT2D eigenvalue weighted by molar-refractivity contribution is 0.345. The molecule has 1 aromatic heterocycles. The van der Waals surface area contributed by atoms with Crippen LogP contribution in [0.25, 0.3) is 10.9 Å². The lowest BCUT2D eigenvalue weighted by Crippen LogP contribution is -2.41. The highest BCUT2D eigenvalue weighted by Crippen LogP contribution is 2.40. The van der Waals surface area contributed by atoms with Crippen LogP contribution in [-0.4, -0.2) is 24.3 Å². The number of H-pyrrole nitrogens is 1. The van der Waals surface area contributed by atoms with Crippen LogP contribution in [0.1, 0.15) is 28.3 Å². The summed E-state index contributed by atoms with van der Waals surface area (Å²) in [6, 6.07) is 25.3. The van der Waals surface area contributed by atoms with Gasteiger partial charge in [0.05, 0.1) is 11.8 Å². The minimum Gasteiger partial charge on any atom is -0.361 e. The monoisotopic (exact) mass is 402 g/mol. The van der Waals surface area contributed by atoms with Gasteiger partial charge in [-0.2, -0.15) is 4.31 Å². The van der Waals surface area contributed by atoms with E-state index in [9.17, 15) is 8.42 Å². The molecular weight excluding hydrogens is 380 g/mol. The average molecular weight is 403 g/mol. The van der Waals surface area contributed by atoms with Crippen LogP contribution in [0, 0.1) is 0 Å². The number of fused-ring (bicyclic) bond motifs is 2. The Kier molecular flexibility index (Phi) is 4.49. The molecular formula is C24H22N2O2S. The van der Waals surface area contributed by atoms with Crippen molar-refractivity contribution in [1.82, 2.24) is 9.29 Å². The van der Waals surface area contributed by atoms with Gasteiger partial charge in [0.1, 0.15) is 0 Å². The van der Waals surface area contributed by atoms with Gasteiger partial charge in [-0.1, -0.05) is 72.8 Å². The Morgan fingerprint density at radius 1 is 0.862 bits per heavy atom.